The molecule has 0 unspecified atom stereocenters. The molecule has 1 aromatic carbocycles. The number of hydrogen-bond donors (Lipinski definition) is 2. The first-order chi connectivity index (χ1) is 8.43. The second kappa shape index (κ2) is 5.45. The van der Waals surface area contributed by atoms with Gasteiger partial charge in [0.2, 0.25) is 5.91 Å². The monoisotopic (exact) mass is 248 g/mol. The van der Waals surface area contributed by atoms with Crippen LogP contribution in [0.25, 0.3) is 0 Å². The number of aromatic carboxylic acids is 1. The van der Waals surface area contributed by atoms with Crippen molar-refractivity contribution in [2.45, 2.75) is 6.42 Å². The summed E-state index contributed by atoms with van der Waals surface area (Å²) in [6.45, 7) is 0. The van der Waals surface area contributed by atoms with E-state index in [9.17, 15) is 19.7 Å². The predicted molar refractivity (Wildman–Crippen MR) is 60.7 cm³/mol. The second-order valence-electron chi connectivity index (χ2n) is 3.21. The molecule has 0 bridgehead atoms. The molecule has 1 rings (SSSR count). The predicted octanol–water partition coefficient (Wildman–Crippen LogP) is 0.520. The molecule has 0 aliphatic heterocycles. The summed E-state index contributed by atoms with van der Waals surface area (Å²) < 4.78 is 0. The maximum absolute atomic E-state index is 10.9. The van der Waals surface area contributed by atoms with E-state index in [1.165, 1.54) is 12.1 Å². The van der Waals surface area contributed by atoms with Crippen LogP contribution >= 0.6 is 0 Å². The zero-order valence-corrected chi connectivity index (χ0v) is 9.04. The van der Waals surface area contributed by atoms with Crippen LogP contribution in [-0.2, 0) is 4.79 Å². The highest BCUT2D eigenvalue weighted by Gasteiger charge is 2.19. The largest absolute Gasteiger partial charge is 0.478 e. The van der Waals surface area contributed by atoms with Crippen molar-refractivity contribution >= 4 is 17.6 Å². The van der Waals surface area contributed by atoms with Crippen molar-refractivity contribution in [3.63, 3.8) is 0 Å². The molecule has 3 N–H and O–H groups in total. The lowest BCUT2D eigenvalue weighted by Crippen LogP contribution is -2.08. The summed E-state index contributed by atoms with van der Waals surface area (Å²) in [7, 11) is 0. The van der Waals surface area contributed by atoms with Crippen LogP contribution in [0.4, 0.5) is 5.69 Å². The number of carboxylic acid groups (broad SMARTS) is 1. The number of rotatable bonds is 3. The molecule has 18 heavy (non-hydrogen) atoms. The number of nitrogens with zero attached hydrogens (tertiary/aromatic N) is 1. The van der Waals surface area contributed by atoms with Gasteiger partial charge in [-0.25, -0.2) is 4.79 Å². The highest BCUT2D eigenvalue weighted by molar-refractivity contribution is 5.92. The summed E-state index contributed by atoms with van der Waals surface area (Å²) in [4.78, 5) is 31.4. The number of carbonyl (C=O) groups is 2. The van der Waals surface area contributed by atoms with Crippen molar-refractivity contribution < 1.29 is 19.6 Å². The van der Waals surface area contributed by atoms with Crippen LogP contribution < -0.4 is 5.73 Å². The molecular formula is C11H8N2O5. The van der Waals surface area contributed by atoms with E-state index in [2.05, 4.69) is 11.8 Å². The Morgan fingerprint density at radius 1 is 1.44 bits per heavy atom. The topological polar surface area (TPSA) is 124 Å². The average Bonchev–Trinajstić information content (AvgIpc) is 2.28. The van der Waals surface area contributed by atoms with Crippen molar-refractivity contribution in [2.24, 2.45) is 5.73 Å². The van der Waals surface area contributed by atoms with Gasteiger partial charge in [-0.1, -0.05) is 17.9 Å². The Balaban J connectivity index is 3.34. The molecule has 7 nitrogen and oxygen atoms in total. The van der Waals surface area contributed by atoms with Gasteiger partial charge in [0, 0.05) is 6.07 Å². The number of nitrogens with two attached hydrogens (primary N) is 1. The van der Waals surface area contributed by atoms with Crippen LogP contribution in [0.15, 0.2) is 18.2 Å². The number of nitro groups is 1. The molecule has 0 aliphatic rings. The van der Waals surface area contributed by atoms with Gasteiger partial charge in [-0.05, 0) is 6.07 Å². The van der Waals surface area contributed by atoms with E-state index in [1.54, 1.807) is 0 Å². The van der Waals surface area contributed by atoms with Gasteiger partial charge in [0.15, 0.2) is 0 Å². The lowest BCUT2D eigenvalue weighted by Gasteiger charge is -1.99. The van der Waals surface area contributed by atoms with E-state index in [4.69, 9.17) is 10.8 Å². The number of amides is 1. The number of benzene rings is 1. The van der Waals surface area contributed by atoms with Gasteiger partial charge >= 0.3 is 5.97 Å². The quantitative estimate of drug-likeness (QED) is 0.458. The molecule has 0 spiro atoms. The molecule has 0 heterocycles. The minimum Gasteiger partial charge on any atom is -0.478 e. The molecule has 0 atom stereocenters. The van der Waals surface area contributed by atoms with Crippen molar-refractivity contribution in [3.05, 3.63) is 39.4 Å². The van der Waals surface area contributed by atoms with Gasteiger partial charge in [-0.15, -0.1) is 0 Å². The second-order valence-corrected chi connectivity index (χ2v) is 3.21. The molecule has 0 radical (unpaired) electrons. The maximum Gasteiger partial charge on any atom is 0.337 e. The fourth-order valence-electron chi connectivity index (χ4n) is 1.22. The lowest BCUT2D eigenvalue weighted by atomic mass is 10.1. The molecule has 1 amide bonds. The third-order valence-corrected chi connectivity index (χ3v) is 1.95. The maximum atomic E-state index is 10.9. The molecular weight excluding hydrogens is 240 g/mol. The van der Waals surface area contributed by atoms with E-state index in [1.807, 2.05) is 0 Å². The van der Waals surface area contributed by atoms with Gasteiger partial charge in [-0.3, -0.25) is 14.9 Å². The highest BCUT2D eigenvalue weighted by Crippen LogP contribution is 2.21. The van der Waals surface area contributed by atoms with Crippen LogP contribution in [-0.4, -0.2) is 21.9 Å². The van der Waals surface area contributed by atoms with Crippen LogP contribution in [0.5, 0.6) is 0 Å². The van der Waals surface area contributed by atoms with Gasteiger partial charge in [0.05, 0.1) is 16.9 Å². The van der Waals surface area contributed by atoms with Gasteiger partial charge in [0.25, 0.3) is 5.69 Å². The zero-order valence-electron chi connectivity index (χ0n) is 9.04. The molecule has 0 aliphatic carbocycles. The first-order valence-corrected chi connectivity index (χ1v) is 4.71. The van der Waals surface area contributed by atoms with Gasteiger partial charge in [0.1, 0.15) is 5.56 Å². The molecule has 92 valence electrons. The fraction of sp³-hybridized carbons (Fsp3) is 0.0909. The van der Waals surface area contributed by atoms with Crippen LogP contribution in [0, 0.1) is 22.0 Å². The Kier molecular flexibility index (Phi) is 3.99. The van der Waals surface area contributed by atoms with Crippen LogP contribution in [0.1, 0.15) is 22.3 Å². The fourth-order valence-corrected chi connectivity index (χ4v) is 1.22. The summed E-state index contributed by atoms with van der Waals surface area (Å²) >= 11 is 0. The molecule has 0 aromatic heterocycles. The van der Waals surface area contributed by atoms with Crippen LogP contribution in [0.2, 0.25) is 0 Å². The molecule has 0 saturated carbocycles. The average molecular weight is 248 g/mol. The third-order valence-electron chi connectivity index (χ3n) is 1.95. The van der Waals surface area contributed by atoms with Crippen molar-refractivity contribution in [1.29, 1.82) is 0 Å². The standard InChI is InChI=1S/C11H8N2O5/c12-10(14)6-2-3-7-8(11(15)16)4-1-5-9(7)13(17)18/h1,4-5H,6H2,(H2,12,14)(H,15,16). The first kappa shape index (κ1) is 13.2. The Morgan fingerprint density at radius 3 is 2.61 bits per heavy atom. The summed E-state index contributed by atoms with van der Waals surface area (Å²) in [5.41, 5.74) is 3.91. The minimum atomic E-state index is -1.33. The van der Waals surface area contributed by atoms with Crippen molar-refractivity contribution in [1.82, 2.24) is 0 Å². The Labute approximate surface area is 101 Å². The zero-order chi connectivity index (χ0) is 13.7. The molecule has 7 heteroatoms. The van der Waals surface area contributed by atoms with E-state index >= 15 is 0 Å². The number of nitro benzene ring substituents is 1. The number of hydrogen-bond acceptors (Lipinski definition) is 4. The van der Waals surface area contributed by atoms with Crippen molar-refractivity contribution in [2.75, 3.05) is 0 Å². The molecule has 1 aromatic rings. The van der Waals surface area contributed by atoms with Gasteiger partial charge in [-0.2, -0.15) is 0 Å². The highest BCUT2D eigenvalue weighted by atomic mass is 16.6. The summed E-state index contributed by atoms with van der Waals surface area (Å²) in [6, 6.07) is 3.59. The Morgan fingerprint density at radius 2 is 2.11 bits per heavy atom. The van der Waals surface area contributed by atoms with Crippen molar-refractivity contribution in [3.8, 4) is 11.8 Å². The van der Waals surface area contributed by atoms with E-state index in [0.29, 0.717) is 0 Å². The lowest BCUT2D eigenvalue weighted by molar-refractivity contribution is -0.385. The van der Waals surface area contributed by atoms with E-state index in [0.717, 1.165) is 6.07 Å². The summed E-state index contributed by atoms with van der Waals surface area (Å²) in [5, 5.41) is 19.6. The first-order valence-electron chi connectivity index (χ1n) is 4.71. The van der Waals surface area contributed by atoms with E-state index < -0.39 is 22.5 Å². The Bertz CT molecular complexity index is 551. The van der Waals surface area contributed by atoms with Crippen LogP contribution in [0.3, 0.4) is 0 Å². The third kappa shape index (κ3) is 3.05. The Hall–Kier alpha value is -2.88. The number of carbonyl (C=O) groups excluding carboxylic acids is 1. The smallest absolute Gasteiger partial charge is 0.337 e. The van der Waals surface area contributed by atoms with Gasteiger partial charge < -0.3 is 10.8 Å². The SMILES string of the molecule is NC(=O)CC#Cc1c(C(=O)O)cccc1[N+](=O)[O-]. The van der Waals surface area contributed by atoms with E-state index in [-0.39, 0.29) is 17.5 Å². The summed E-state index contributed by atoms with van der Waals surface area (Å²) in [6.07, 6.45) is -0.300. The molecule has 0 fully saturated rings. The molecule has 0 saturated heterocycles. The number of primary amides is 1. The number of carboxylic acids is 1. The summed E-state index contributed by atoms with van der Waals surface area (Å²) in [5.74, 6) is 2.57. The normalized spacial score (nSPS) is 9.11. The minimum absolute atomic E-state index is 0.240.